The second-order valence-electron chi connectivity index (χ2n) is 6.28. The molecule has 1 aliphatic rings. The second-order valence-corrected chi connectivity index (χ2v) is 10.2. The first-order valence-corrected chi connectivity index (χ1v) is 11.2. The van der Waals surface area contributed by atoms with Crippen LogP contribution in [0.4, 0.5) is 0 Å². The van der Waals surface area contributed by atoms with Crippen LogP contribution in [0.5, 0.6) is 0 Å². The number of H-pyrrole nitrogens is 1. The summed E-state index contributed by atoms with van der Waals surface area (Å²) in [6, 6.07) is 12.6. The fraction of sp³-hybridized carbons (Fsp3) is 0.222. The lowest BCUT2D eigenvalue weighted by molar-refractivity contribution is 0.0699. The first-order chi connectivity index (χ1) is 13.5. The van der Waals surface area contributed by atoms with Gasteiger partial charge in [0.05, 0.1) is 21.8 Å². The van der Waals surface area contributed by atoms with Crippen molar-refractivity contribution in [2.24, 2.45) is 0 Å². The summed E-state index contributed by atoms with van der Waals surface area (Å²) in [6.45, 7) is 1.11. The fourth-order valence-electron chi connectivity index (χ4n) is 3.14. The molecule has 7 nitrogen and oxygen atoms in total. The van der Waals surface area contributed by atoms with E-state index < -0.39 is 10.0 Å². The topological polar surface area (TPSA) is 86.4 Å². The molecule has 4 rings (SSSR count). The number of benzene rings is 1. The Morgan fingerprint density at radius 3 is 2.43 bits per heavy atom. The standard InChI is InChI=1S/C18H17ClN4O3S2/c19-15-6-7-16(27-15)28(25,26)23-10-8-22(9-11-23)18(24)14-12-20-21-17(14)13-4-2-1-3-5-13/h1-7,12H,8-11H2,(H,20,21). The fourth-order valence-corrected chi connectivity index (χ4v) is 6.20. The summed E-state index contributed by atoms with van der Waals surface area (Å²) >= 11 is 6.90. The number of halogens is 1. The Labute approximate surface area is 171 Å². The zero-order valence-corrected chi connectivity index (χ0v) is 17.1. The van der Waals surface area contributed by atoms with Gasteiger partial charge in [-0.2, -0.15) is 9.40 Å². The summed E-state index contributed by atoms with van der Waals surface area (Å²) in [6.07, 6.45) is 1.52. The van der Waals surface area contributed by atoms with Gasteiger partial charge in [-0.15, -0.1) is 11.3 Å². The third-order valence-electron chi connectivity index (χ3n) is 4.60. The van der Waals surface area contributed by atoms with Crippen LogP contribution < -0.4 is 0 Å². The number of carbonyl (C=O) groups is 1. The number of carbonyl (C=O) groups excluding carboxylic acids is 1. The van der Waals surface area contributed by atoms with Crippen LogP contribution in [0.15, 0.2) is 52.9 Å². The Morgan fingerprint density at radius 2 is 1.79 bits per heavy atom. The van der Waals surface area contributed by atoms with Crippen LogP contribution >= 0.6 is 22.9 Å². The maximum atomic E-state index is 13.0. The van der Waals surface area contributed by atoms with Crippen LogP contribution in [0.1, 0.15) is 10.4 Å². The molecular formula is C18H17ClN4O3S2. The Bertz CT molecular complexity index is 1090. The summed E-state index contributed by atoms with van der Waals surface area (Å²) in [4.78, 5) is 14.6. The number of nitrogens with one attached hydrogen (secondary N) is 1. The van der Waals surface area contributed by atoms with Crippen LogP contribution in [-0.4, -0.2) is 59.9 Å². The van der Waals surface area contributed by atoms with Crippen molar-refractivity contribution in [1.82, 2.24) is 19.4 Å². The minimum Gasteiger partial charge on any atom is -0.336 e. The van der Waals surface area contributed by atoms with E-state index in [1.165, 1.54) is 16.6 Å². The minimum atomic E-state index is -3.58. The number of aromatic amines is 1. The molecule has 28 heavy (non-hydrogen) atoms. The van der Waals surface area contributed by atoms with Gasteiger partial charge in [-0.05, 0) is 12.1 Å². The lowest BCUT2D eigenvalue weighted by Crippen LogP contribution is -2.50. The SMILES string of the molecule is O=C(c1cn[nH]c1-c1ccccc1)N1CCN(S(=O)(=O)c2ccc(Cl)s2)CC1. The van der Waals surface area contributed by atoms with Gasteiger partial charge in [0.15, 0.2) is 0 Å². The first-order valence-electron chi connectivity index (χ1n) is 8.60. The van der Waals surface area contributed by atoms with Crippen molar-refractivity contribution in [2.45, 2.75) is 4.21 Å². The highest BCUT2D eigenvalue weighted by molar-refractivity contribution is 7.91. The largest absolute Gasteiger partial charge is 0.336 e. The molecule has 2 aromatic heterocycles. The third-order valence-corrected chi connectivity index (χ3v) is 8.20. The molecule has 3 heterocycles. The quantitative estimate of drug-likeness (QED) is 0.681. The van der Waals surface area contributed by atoms with Gasteiger partial charge < -0.3 is 4.90 Å². The monoisotopic (exact) mass is 436 g/mol. The van der Waals surface area contributed by atoms with E-state index in [0.29, 0.717) is 28.7 Å². The molecule has 3 aromatic rings. The number of hydrogen-bond acceptors (Lipinski definition) is 5. The van der Waals surface area contributed by atoms with Gasteiger partial charge >= 0.3 is 0 Å². The van der Waals surface area contributed by atoms with E-state index in [4.69, 9.17) is 11.6 Å². The van der Waals surface area contributed by atoms with Crippen molar-refractivity contribution >= 4 is 38.9 Å². The lowest BCUT2D eigenvalue weighted by Gasteiger charge is -2.33. The van der Waals surface area contributed by atoms with E-state index in [0.717, 1.165) is 16.9 Å². The van der Waals surface area contributed by atoms with Crippen molar-refractivity contribution in [3.05, 3.63) is 58.6 Å². The lowest BCUT2D eigenvalue weighted by atomic mass is 10.1. The summed E-state index contributed by atoms with van der Waals surface area (Å²) < 4.78 is 27.5. The Balaban J connectivity index is 1.48. The summed E-state index contributed by atoms with van der Waals surface area (Å²) in [5.41, 5.74) is 2.01. The molecule has 1 aliphatic heterocycles. The first kappa shape index (κ1) is 19.1. The highest BCUT2D eigenvalue weighted by atomic mass is 35.5. The third kappa shape index (κ3) is 3.58. The molecule has 0 saturated carbocycles. The Hall–Kier alpha value is -2.20. The van der Waals surface area contributed by atoms with Crippen LogP contribution in [0, 0.1) is 0 Å². The molecule has 0 aliphatic carbocycles. The second kappa shape index (κ2) is 7.67. The molecule has 1 amide bonds. The summed E-state index contributed by atoms with van der Waals surface area (Å²) in [5.74, 6) is -0.163. The number of sulfonamides is 1. The summed E-state index contributed by atoms with van der Waals surface area (Å²) in [5, 5.41) is 6.90. The van der Waals surface area contributed by atoms with Gasteiger partial charge in [0.25, 0.3) is 15.9 Å². The number of amides is 1. The molecule has 10 heteroatoms. The molecule has 1 aromatic carbocycles. The van der Waals surface area contributed by atoms with Crippen LogP contribution in [0.3, 0.4) is 0 Å². The van der Waals surface area contributed by atoms with Gasteiger partial charge in [-0.25, -0.2) is 8.42 Å². The van der Waals surface area contributed by atoms with Crippen molar-refractivity contribution in [3.8, 4) is 11.3 Å². The van der Waals surface area contributed by atoms with Crippen LogP contribution in [0.2, 0.25) is 4.34 Å². The molecule has 0 bridgehead atoms. The molecule has 1 fully saturated rings. The maximum absolute atomic E-state index is 13.0. The molecule has 1 saturated heterocycles. The molecule has 1 N–H and O–H groups in total. The van der Waals surface area contributed by atoms with E-state index in [2.05, 4.69) is 10.2 Å². The van der Waals surface area contributed by atoms with E-state index in [1.807, 2.05) is 30.3 Å². The number of hydrogen-bond donors (Lipinski definition) is 1. The van der Waals surface area contributed by atoms with E-state index in [1.54, 1.807) is 11.0 Å². The van der Waals surface area contributed by atoms with E-state index >= 15 is 0 Å². The predicted molar refractivity (Wildman–Crippen MR) is 108 cm³/mol. The number of aromatic nitrogens is 2. The van der Waals surface area contributed by atoms with Crippen molar-refractivity contribution < 1.29 is 13.2 Å². The molecule has 0 radical (unpaired) electrons. The van der Waals surface area contributed by atoms with Gasteiger partial charge in [0.1, 0.15) is 4.21 Å². The van der Waals surface area contributed by atoms with Crippen molar-refractivity contribution in [2.75, 3.05) is 26.2 Å². The number of thiophene rings is 1. The number of rotatable bonds is 4. The van der Waals surface area contributed by atoms with Crippen LogP contribution in [0.25, 0.3) is 11.3 Å². The molecule has 146 valence electrons. The van der Waals surface area contributed by atoms with Gasteiger partial charge in [-0.1, -0.05) is 41.9 Å². The zero-order chi connectivity index (χ0) is 19.7. The predicted octanol–water partition coefficient (Wildman–Crippen LogP) is 2.94. The molecule has 0 unspecified atom stereocenters. The average molecular weight is 437 g/mol. The van der Waals surface area contributed by atoms with Crippen LogP contribution in [-0.2, 0) is 10.0 Å². The average Bonchev–Trinajstić information content (AvgIpc) is 3.38. The molecular weight excluding hydrogens is 420 g/mol. The van der Waals surface area contributed by atoms with E-state index in [9.17, 15) is 13.2 Å². The van der Waals surface area contributed by atoms with Gasteiger partial charge in [0, 0.05) is 31.7 Å². The van der Waals surface area contributed by atoms with Gasteiger partial charge in [-0.3, -0.25) is 9.89 Å². The van der Waals surface area contributed by atoms with Crippen molar-refractivity contribution in [3.63, 3.8) is 0 Å². The summed E-state index contributed by atoms with van der Waals surface area (Å²) in [7, 11) is -3.58. The van der Waals surface area contributed by atoms with Crippen molar-refractivity contribution in [1.29, 1.82) is 0 Å². The Kier molecular flexibility index (Phi) is 5.24. The normalized spacial score (nSPS) is 15.7. The zero-order valence-electron chi connectivity index (χ0n) is 14.7. The highest BCUT2D eigenvalue weighted by Gasteiger charge is 2.32. The molecule has 0 atom stereocenters. The number of nitrogens with zero attached hydrogens (tertiary/aromatic N) is 3. The van der Waals surface area contributed by atoms with Gasteiger partial charge in [0.2, 0.25) is 0 Å². The highest BCUT2D eigenvalue weighted by Crippen LogP contribution is 2.29. The smallest absolute Gasteiger partial charge is 0.257 e. The van der Waals surface area contributed by atoms with E-state index in [-0.39, 0.29) is 23.2 Å². The number of piperazine rings is 1. The molecule has 0 spiro atoms. The Morgan fingerprint density at radius 1 is 1.07 bits per heavy atom. The minimum absolute atomic E-state index is 0.163. The maximum Gasteiger partial charge on any atom is 0.257 e.